The van der Waals surface area contributed by atoms with Crippen LogP contribution in [-0.4, -0.2) is 9.97 Å². The van der Waals surface area contributed by atoms with Gasteiger partial charge in [-0.3, -0.25) is 17.6 Å². The summed E-state index contributed by atoms with van der Waals surface area (Å²) < 4.78 is 120. The van der Waals surface area contributed by atoms with Gasteiger partial charge in [-0.05, 0) is 10.8 Å². The minimum atomic E-state index is -2.17. The second-order valence-electron chi connectivity index (χ2n) is 7.11. The molecule has 0 aliphatic carbocycles. The molecule has 4 heterocycles. The molecule has 0 unspecified atom stereocenters. The van der Waals surface area contributed by atoms with Gasteiger partial charge in [0.1, 0.15) is 0 Å². The molecule has 41 heavy (non-hydrogen) atoms. The molecule has 0 bridgehead atoms. The Morgan fingerprint density at radius 1 is 0.463 bits per heavy atom. The number of nitrogens with zero attached hydrogens (tertiary/aromatic N) is 4. The van der Waals surface area contributed by atoms with Crippen molar-refractivity contribution in [2.75, 3.05) is 0 Å². The molecule has 0 amide bonds. The molecule has 0 saturated carbocycles. The van der Waals surface area contributed by atoms with E-state index in [9.17, 15) is 43.9 Å². The van der Waals surface area contributed by atoms with Crippen LogP contribution in [0.3, 0.4) is 0 Å². The number of fused-ring (bicyclic) bond motifs is 2. The molecule has 0 fully saturated rings. The number of hydrogen-bond acceptors (Lipinski definition) is 2. The van der Waals surface area contributed by atoms with Gasteiger partial charge in [0.2, 0.25) is 0 Å². The first-order chi connectivity index (χ1) is 19.0. The van der Waals surface area contributed by atoms with Crippen LogP contribution in [0.1, 0.15) is 0 Å². The molecule has 0 radical (unpaired) electrons. The van der Waals surface area contributed by atoms with Crippen LogP contribution < -0.4 is 9.97 Å². The standard InChI is InChI=1S/2C7H5N2.2C6F5.Pt/c2*1-2-6-3-5-9-7(6)8-4-1;2*7-2-1-3(8)5(10)6(11)4(2)9;/h2*1-5H;;;/q4*-1;+4. The Morgan fingerprint density at radius 3 is 1.07 bits per heavy atom. The van der Waals surface area contributed by atoms with Crippen LogP contribution in [0.25, 0.3) is 22.1 Å². The number of pyridine rings is 2. The van der Waals surface area contributed by atoms with Crippen LogP contribution in [0.4, 0.5) is 43.9 Å². The van der Waals surface area contributed by atoms with E-state index in [-0.39, 0.29) is 21.1 Å². The van der Waals surface area contributed by atoms with Gasteiger partial charge in [0.05, 0.1) is 58.2 Å². The van der Waals surface area contributed by atoms with Crippen molar-refractivity contribution >= 4 is 22.1 Å². The topological polar surface area (TPSA) is 54.0 Å². The predicted molar refractivity (Wildman–Crippen MR) is 120 cm³/mol. The van der Waals surface area contributed by atoms with Crippen molar-refractivity contribution in [2.24, 2.45) is 0 Å². The Balaban J connectivity index is 0.000000190. The summed E-state index contributed by atoms with van der Waals surface area (Å²) in [7, 11) is 0. The van der Waals surface area contributed by atoms with E-state index in [4.69, 9.17) is 0 Å². The first kappa shape index (κ1) is 33.0. The summed E-state index contributed by atoms with van der Waals surface area (Å²) in [4.78, 5) is 16.1. The summed E-state index contributed by atoms with van der Waals surface area (Å²) >= 11 is 0. The SMILES string of the molecule is Fc1[c-]c(F)c(F)c(F)c1F.Fc1[c-]c(F)c(F)c(F)c1F.[Pt+4].c1cnc2[n-]ccc2c1.c1cnc2[n-]ccc2c1. The van der Waals surface area contributed by atoms with Crippen molar-refractivity contribution in [3.8, 4) is 0 Å². The summed E-state index contributed by atoms with van der Waals surface area (Å²) in [5, 5.41) is 2.22. The third kappa shape index (κ3) is 8.40. The molecule has 15 heteroatoms. The van der Waals surface area contributed by atoms with E-state index in [1.54, 1.807) is 24.8 Å². The second kappa shape index (κ2) is 15.0. The number of aromatic nitrogens is 4. The third-order valence-electron chi connectivity index (χ3n) is 4.52. The number of halogens is 10. The van der Waals surface area contributed by atoms with Crippen LogP contribution in [0.15, 0.2) is 61.2 Å². The average Bonchev–Trinajstić information content (AvgIpc) is 3.64. The summed E-state index contributed by atoms with van der Waals surface area (Å²) in [6.07, 6.45) is 7.01. The molecule has 0 spiro atoms. The van der Waals surface area contributed by atoms with E-state index in [1.165, 1.54) is 0 Å². The van der Waals surface area contributed by atoms with Crippen LogP contribution >= 0.6 is 0 Å². The molecular formula is C26H10F10N4Pt. The molecule has 6 aromatic rings. The minimum Gasteiger partial charge on any atom is -0.442 e. The number of rotatable bonds is 0. The number of benzene rings is 2. The molecular weight excluding hydrogens is 753 g/mol. The largest absolute Gasteiger partial charge is 4.00 e. The molecule has 6 rings (SSSR count). The number of hydrogen-bond donors (Lipinski definition) is 0. The van der Waals surface area contributed by atoms with Gasteiger partial charge >= 0.3 is 21.1 Å². The Bertz CT molecular complexity index is 1500. The normalized spacial score (nSPS) is 10.0. The van der Waals surface area contributed by atoms with E-state index in [2.05, 4.69) is 19.9 Å². The van der Waals surface area contributed by atoms with Crippen molar-refractivity contribution in [2.45, 2.75) is 0 Å². The molecule has 4 aromatic heterocycles. The average molecular weight is 763 g/mol. The second-order valence-corrected chi connectivity index (χ2v) is 7.11. The third-order valence-corrected chi connectivity index (χ3v) is 4.52. The molecule has 0 aliphatic rings. The zero-order chi connectivity index (χ0) is 29.4. The van der Waals surface area contributed by atoms with Gasteiger partial charge in [-0.1, -0.05) is 72.5 Å². The maximum absolute atomic E-state index is 12.0. The molecule has 0 atom stereocenters. The van der Waals surface area contributed by atoms with Crippen molar-refractivity contribution in [1.29, 1.82) is 0 Å². The minimum absolute atomic E-state index is 0. The quantitative estimate of drug-likeness (QED) is 0.0745. The van der Waals surface area contributed by atoms with Crippen molar-refractivity contribution in [1.82, 2.24) is 19.9 Å². The molecule has 2 aromatic carbocycles. The van der Waals surface area contributed by atoms with E-state index in [0.29, 0.717) is 0 Å². The van der Waals surface area contributed by atoms with E-state index >= 15 is 0 Å². The Morgan fingerprint density at radius 2 is 0.780 bits per heavy atom. The molecule has 0 saturated heterocycles. The van der Waals surface area contributed by atoms with Crippen molar-refractivity contribution < 1.29 is 65.0 Å². The van der Waals surface area contributed by atoms with E-state index in [1.807, 2.05) is 36.4 Å². The summed E-state index contributed by atoms with van der Waals surface area (Å²) in [5.41, 5.74) is 1.66. The van der Waals surface area contributed by atoms with Gasteiger partial charge in [0.15, 0.2) is 0 Å². The van der Waals surface area contributed by atoms with Crippen LogP contribution in [-0.2, 0) is 21.1 Å². The predicted octanol–water partition coefficient (Wildman–Crippen LogP) is 6.75. The summed E-state index contributed by atoms with van der Waals surface area (Å²) in [6, 6.07) is 13.7. The Kier molecular flexibility index (Phi) is 12.1. The molecule has 4 nitrogen and oxygen atoms in total. The van der Waals surface area contributed by atoms with E-state index < -0.39 is 58.2 Å². The van der Waals surface area contributed by atoms with Crippen molar-refractivity contribution in [3.05, 3.63) is 131 Å². The fourth-order valence-electron chi connectivity index (χ4n) is 2.66. The van der Waals surface area contributed by atoms with Gasteiger partial charge in [0, 0.05) is 0 Å². The molecule has 214 valence electrons. The zero-order valence-corrected chi connectivity index (χ0v) is 21.9. The van der Waals surface area contributed by atoms with Gasteiger partial charge in [0.25, 0.3) is 0 Å². The monoisotopic (exact) mass is 763 g/mol. The first-order valence-corrected chi connectivity index (χ1v) is 10.5. The summed E-state index contributed by atoms with van der Waals surface area (Å²) in [5.74, 6) is -20.1. The zero-order valence-electron chi connectivity index (χ0n) is 19.7. The van der Waals surface area contributed by atoms with Crippen LogP contribution in [0.5, 0.6) is 0 Å². The maximum Gasteiger partial charge on any atom is 4.00 e. The van der Waals surface area contributed by atoms with Gasteiger partial charge in [-0.15, -0.1) is 12.1 Å². The van der Waals surface area contributed by atoms with Gasteiger partial charge in [-0.2, -0.15) is 0 Å². The van der Waals surface area contributed by atoms with Gasteiger partial charge in [-0.25, -0.2) is 26.3 Å². The molecule has 0 N–H and O–H groups in total. The fourth-order valence-corrected chi connectivity index (χ4v) is 2.66. The van der Waals surface area contributed by atoms with E-state index in [0.717, 1.165) is 34.2 Å². The Hall–Kier alpha value is -4.19. The summed E-state index contributed by atoms with van der Waals surface area (Å²) in [6.45, 7) is 0. The van der Waals surface area contributed by atoms with Crippen LogP contribution in [0, 0.1) is 70.3 Å². The van der Waals surface area contributed by atoms with Crippen molar-refractivity contribution in [3.63, 3.8) is 0 Å². The smallest absolute Gasteiger partial charge is 0.442 e. The fraction of sp³-hybridized carbons (Fsp3) is 0. The van der Waals surface area contributed by atoms with Crippen LogP contribution in [0.2, 0.25) is 0 Å². The maximum atomic E-state index is 12.0. The molecule has 0 aliphatic heterocycles. The van der Waals surface area contributed by atoms with Gasteiger partial charge < -0.3 is 19.9 Å². The first-order valence-electron chi connectivity index (χ1n) is 10.5. The Labute approximate surface area is 238 Å².